The first-order valence-corrected chi connectivity index (χ1v) is 4.78. The van der Waals surface area contributed by atoms with Crippen molar-refractivity contribution in [2.75, 3.05) is 4.72 Å². The van der Waals surface area contributed by atoms with E-state index in [1.54, 1.807) is 11.6 Å². The molecule has 1 rings (SSSR count). The maximum atomic E-state index is 10.2. The van der Waals surface area contributed by atoms with Gasteiger partial charge in [0.1, 0.15) is 5.01 Å². The third-order valence-corrected chi connectivity index (χ3v) is 2.08. The summed E-state index contributed by atoms with van der Waals surface area (Å²) in [5.74, 6) is 0. The summed E-state index contributed by atoms with van der Waals surface area (Å²) in [6, 6.07) is 0. The minimum Gasteiger partial charge on any atom is -1.00 e. The molecule has 64 valence electrons. The molecule has 0 aliphatic heterocycles. The Morgan fingerprint density at radius 2 is 2.17 bits per heavy atom. The quantitative estimate of drug-likeness (QED) is 0.413. The fourth-order valence-corrected chi connectivity index (χ4v) is 1.64. The van der Waals surface area contributed by atoms with Gasteiger partial charge in [-0.05, 0) is 6.92 Å². The van der Waals surface area contributed by atoms with E-state index >= 15 is 0 Å². The van der Waals surface area contributed by atoms with Gasteiger partial charge >= 0.3 is 39.9 Å². The second kappa shape index (κ2) is 4.49. The van der Waals surface area contributed by atoms with Crippen LogP contribution in [0.15, 0.2) is 0 Å². The van der Waals surface area contributed by atoms with Crippen molar-refractivity contribution in [3.8, 4) is 0 Å². The van der Waals surface area contributed by atoms with Gasteiger partial charge in [-0.15, -0.1) is 10.2 Å². The summed E-state index contributed by atoms with van der Waals surface area (Å²) in [4.78, 5) is 0. The molecule has 6 nitrogen and oxygen atoms in total. The summed E-state index contributed by atoms with van der Waals surface area (Å²) < 4.78 is 30.4. The molecule has 0 aliphatic rings. The van der Waals surface area contributed by atoms with Gasteiger partial charge in [0.25, 0.3) is 0 Å². The molecule has 9 heteroatoms. The summed E-state index contributed by atoms with van der Waals surface area (Å²) in [5.41, 5.74) is 0. The zero-order chi connectivity index (χ0) is 8.48. The molecule has 0 spiro atoms. The summed E-state index contributed by atoms with van der Waals surface area (Å²) in [6.07, 6.45) is 0. The molecule has 1 aromatic rings. The zero-order valence-corrected chi connectivity index (χ0v) is 10.1. The van der Waals surface area contributed by atoms with E-state index in [2.05, 4.69) is 10.2 Å². The van der Waals surface area contributed by atoms with E-state index in [-0.39, 0.29) is 36.1 Å². The fourth-order valence-electron chi connectivity index (χ4n) is 0.448. The summed E-state index contributed by atoms with van der Waals surface area (Å²) in [7, 11) is -4.21. The van der Waals surface area contributed by atoms with Crippen molar-refractivity contribution in [2.24, 2.45) is 0 Å². The molecule has 0 bridgehead atoms. The van der Waals surface area contributed by atoms with Crippen LogP contribution in [0.5, 0.6) is 0 Å². The van der Waals surface area contributed by atoms with Crippen molar-refractivity contribution < 1.29 is 44.0 Å². The first kappa shape index (κ1) is 12.3. The van der Waals surface area contributed by atoms with Gasteiger partial charge in [-0.2, -0.15) is 8.42 Å². The molecule has 0 aliphatic carbocycles. The van der Waals surface area contributed by atoms with Gasteiger partial charge in [0.15, 0.2) is 0 Å². The van der Waals surface area contributed by atoms with E-state index in [1.165, 1.54) is 0 Å². The number of hydrogen-bond donors (Lipinski definition) is 2. The van der Waals surface area contributed by atoms with Crippen molar-refractivity contribution in [1.82, 2.24) is 10.2 Å². The summed E-state index contributed by atoms with van der Waals surface area (Å²) in [5, 5.41) is 7.63. The number of anilines is 1. The van der Waals surface area contributed by atoms with E-state index in [9.17, 15) is 8.42 Å². The average molecular weight is 219 g/mol. The van der Waals surface area contributed by atoms with E-state index in [0.717, 1.165) is 11.3 Å². The van der Waals surface area contributed by atoms with Crippen molar-refractivity contribution >= 4 is 26.8 Å². The summed E-state index contributed by atoms with van der Waals surface area (Å²) >= 11 is 1.04. The maximum absolute atomic E-state index is 10.2. The minimum absolute atomic E-state index is 0. The fraction of sp³-hybridized carbons (Fsp3) is 0.333. The predicted molar refractivity (Wildman–Crippen MR) is 40.9 cm³/mol. The molecular formula is C3H6N3NaO3S2. The van der Waals surface area contributed by atoms with Crippen molar-refractivity contribution in [2.45, 2.75) is 6.92 Å². The van der Waals surface area contributed by atoms with Crippen LogP contribution in [0.3, 0.4) is 0 Å². The van der Waals surface area contributed by atoms with Crippen LogP contribution in [-0.4, -0.2) is 23.2 Å². The minimum atomic E-state index is -4.21. The standard InChI is InChI=1S/C3H5N3O3S2.Na.H/c1-2-4-5-3(10-2)6-11(7,8)9;;/h1H3,(H,5,6)(H,7,8,9);;/q;+1;-1. The van der Waals surface area contributed by atoms with Gasteiger partial charge < -0.3 is 1.43 Å². The molecule has 1 aromatic heterocycles. The topological polar surface area (TPSA) is 92.2 Å². The molecule has 12 heavy (non-hydrogen) atoms. The molecule has 0 atom stereocenters. The smallest absolute Gasteiger partial charge is 1.00 e. The zero-order valence-electron chi connectivity index (χ0n) is 7.47. The Morgan fingerprint density at radius 3 is 2.50 bits per heavy atom. The van der Waals surface area contributed by atoms with E-state index in [0.29, 0.717) is 5.01 Å². The monoisotopic (exact) mass is 219 g/mol. The second-order valence-electron chi connectivity index (χ2n) is 1.70. The molecule has 1 heterocycles. The van der Waals surface area contributed by atoms with Crippen LogP contribution in [0.4, 0.5) is 5.13 Å². The van der Waals surface area contributed by atoms with Crippen LogP contribution in [-0.2, 0) is 10.3 Å². The predicted octanol–water partition coefficient (Wildman–Crippen LogP) is -2.82. The molecule has 0 fully saturated rings. The molecule has 0 amide bonds. The first-order chi connectivity index (χ1) is 4.97. The van der Waals surface area contributed by atoms with Crippen LogP contribution >= 0.6 is 11.3 Å². The maximum Gasteiger partial charge on any atom is 1.00 e. The first-order valence-electron chi connectivity index (χ1n) is 2.53. The van der Waals surface area contributed by atoms with Crippen molar-refractivity contribution in [3.63, 3.8) is 0 Å². The molecule has 0 saturated heterocycles. The molecule has 0 aromatic carbocycles. The average Bonchev–Trinajstić information content (AvgIpc) is 2.10. The Balaban J connectivity index is 0. The molecule has 0 radical (unpaired) electrons. The Kier molecular flexibility index (Phi) is 4.59. The number of nitrogens with zero attached hydrogens (tertiary/aromatic N) is 2. The number of hydrogen-bond acceptors (Lipinski definition) is 5. The van der Waals surface area contributed by atoms with Gasteiger partial charge in [0, 0.05) is 0 Å². The van der Waals surface area contributed by atoms with Gasteiger partial charge in [-0.1, -0.05) is 11.3 Å². The van der Waals surface area contributed by atoms with Gasteiger partial charge in [0.2, 0.25) is 5.13 Å². The van der Waals surface area contributed by atoms with Crippen molar-refractivity contribution in [1.29, 1.82) is 0 Å². The van der Waals surface area contributed by atoms with Crippen LogP contribution in [0.1, 0.15) is 6.43 Å². The molecular weight excluding hydrogens is 213 g/mol. The van der Waals surface area contributed by atoms with Gasteiger partial charge in [0.05, 0.1) is 0 Å². The van der Waals surface area contributed by atoms with Gasteiger partial charge in [-0.3, -0.25) is 4.55 Å². The van der Waals surface area contributed by atoms with Crippen LogP contribution in [0.25, 0.3) is 0 Å². The number of rotatable bonds is 2. The SMILES string of the molecule is Cc1nnc(NS(=O)(=O)O)s1.[H-].[Na+]. The Morgan fingerprint density at radius 1 is 1.58 bits per heavy atom. The molecule has 0 unspecified atom stereocenters. The van der Waals surface area contributed by atoms with Crippen LogP contribution in [0.2, 0.25) is 0 Å². The number of aromatic nitrogens is 2. The normalized spacial score (nSPS) is 10.5. The number of nitrogens with one attached hydrogen (secondary N) is 1. The van der Waals surface area contributed by atoms with Gasteiger partial charge in [-0.25, -0.2) is 4.72 Å². The van der Waals surface area contributed by atoms with Crippen LogP contribution in [0, 0.1) is 6.92 Å². The van der Waals surface area contributed by atoms with E-state index in [4.69, 9.17) is 4.55 Å². The molecule has 2 N–H and O–H groups in total. The Labute approximate surface area is 97.1 Å². The largest absolute Gasteiger partial charge is 1.00 e. The van der Waals surface area contributed by atoms with Crippen LogP contribution < -0.4 is 34.3 Å². The molecule has 0 saturated carbocycles. The van der Waals surface area contributed by atoms with E-state index < -0.39 is 10.3 Å². The second-order valence-corrected chi connectivity index (χ2v) is 4.04. The Hall–Kier alpha value is 0.270. The third kappa shape index (κ3) is 4.33. The Bertz CT molecular complexity index is 353. The third-order valence-electron chi connectivity index (χ3n) is 0.742. The van der Waals surface area contributed by atoms with Crippen molar-refractivity contribution in [3.05, 3.63) is 5.01 Å². The number of aryl methyl sites for hydroxylation is 1. The summed E-state index contributed by atoms with van der Waals surface area (Å²) in [6.45, 7) is 1.67. The van der Waals surface area contributed by atoms with E-state index in [1.807, 2.05) is 0 Å².